The van der Waals surface area contributed by atoms with Crippen molar-refractivity contribution in [3.05, 3.63) is 89.4 Å². The van der Waals surface area contributed by atoms with Crippen LogP contribution in [0.25, 0.3) is 11.5 Å². The third-order valence-electron chi connectivity index (χ3n) is 5.75. The van der Waals surface area contributed by atoms with Gasteiger partial charge in [-0.2, -0.15) is 5.10 Å². The Hall–Kier alpha value is -4.00. The largest absolute Gasteiger partial charge is 0.493 e. The molecule has 32 heavy (non-hydrogen) atoms. The van der Waals surface area contributed by atoms with Crippen LogP contribution in [-0.4, -0.2) is 39.4 Å². The van der Waals surface area contributed by atoms with Crippen molar-refractivity contribution < 1.29 is 14.3 Å². The molecule has 0 N–H and O–H groups in total. The van der Waals surface area contributed by atoms with E-state index in [9.17, 15) is 4.79 Å². The lowest BCUT2D eigenvalue weighted by Crippen LogP contribution is -2.27. The minimum atomic E-state index is -0.112. The maximum atomic E-state index is 13.4. The number of carbonyl (C=O) groups is 1. The van der Waals surface area contributed by atoms with Crippen molar-refractivity contribution in [1.82, 2.24) is 19.2 Å². The average Bonchev–Trinajstić information content (AvgIpc) is 3.54. The molecule has 1 aliphatic heterocycles. The smallest absolute Gasteiger partial charge is 0.258 e. The van der Waals surface area contributed by atoms with Crippen LogP contribution in [0.1, 0.15) is 27.2 Å². The van der Waals surface area contributed by atoms with Gasteiger partial charge in [0.25, 0.3) is 5.91 Å². The number of ether oxygens (including phenoxy) is 2. The first-order chi connectivity index (χ1) is 15.6. The second kappa shape index (κ2) is 7.92. The van der Waals surface area contributed by atoms with Crippen molar-refractivity contribution in [3.63, 3.8) is 0 Å². The molecule has 162 valence electrons. The predicted molar refractivity (Wildman–Crippen MR) is 121 cm³/mol. The minimum Gasteiger partial charge on any atom is -0.493 e. The molecule has 0 saturated heterocycles. The first-order valence-corrected chi connectivity index (χ1v) is 10.4. The molecule has 1 aliphatic rings. The van der Waals surface area contributed by atoms with E-state index in [1.807, 2.05) is 45.9 Å². The fraction of sp³-hybridized carbons (Fsp3) is 0.200. The topological polar surface area (TPSA) is 61.5 Å². The molecule has 3 heterocycles. The number of carbonyl (C=O) groups excluding carboxylic acids is 1. The van der Waals surface area contributed by atoms with Gasteiger partial charge >= 0.3 is 0 Å². The maximum absolute atomic E-state index is 13.4. The van der Waals surface area contributed by atoms with E-state index in [-0.39, 0.29) is 5.91 Å². The molecule has 7 heteroatoms. The molecule has 0 fully saturated rings. The molecule has 0 bridgehead atoms. The number of methoxy groups -OCH3 is 2. The first kappa shape index (κ1) is 19.9. The van der Waals surface area contributed by atoms with Crippen LogP contribution >= 0.6 is 0 Å². The molecule has 0 atom stereocenters. The van der Waals surface area contributed by atoms with Gasteiger partial charge in [0.2, 0.25) is 0 Å². The molecule has 4 aromatic rings. The van der Waals surface area contributed by atoms with Crippen molar-refractivity contribution in [2.24, 2.45) is 0 Å². The summed E-state index contributed by atoms with van der Waals surface area (Å²) >= 11 is 0. The van der Waals surface area contributed by atoms with Crippen molar-refractivity contribution in [3.8, 4) is 23.0 Å². The molecule has 0 unspecified atom stereocenters. The zero-order valence-corrected chi connectivity index (χ0v) is 18.3. The number of para-hydroxylation sites is 1. The summed E-state index contributed by atoms with van der Waals surface area (Å²) in [5.74, 6) is 1.82. The first-order valence-electron chi connectivity index (χ1n) is 10.4. The Morgan fingerprint density at radius 2 is 1.75 bits per heavy atom. The number of benzene rings is 2. The summed E-state index contributed by atoms with van der Waals surface area (Å²) < 4.78 is 14.9. The van der Waals surface area contributed by atoms with E-state index in [0.29, 0.717) is 30.2 Å². The van der Waals surface area contributed by atoms with Crippen molar-refractivity contribution in [2.45, 2.75) is 20.0 Å². The molecule has 2 aromatic heterocycles. The van der Waals surface area contributed by atoms with Gasteiger partial charge in [-0.1, -0.05) is 18.2 Å². The highest BCUT2D eigenvalue weighted by molar-refractivity contribution is 5.98. The van der Waals surface area contributed by atoms with Crippen molar-refractivity contribution in [1.29, 1.82) is 0 Å². The number of hydrogen-bond donors (Lipinski definition) is 0. The van der Waals surface area contributed by atoms with E-state index < -0.39 is 0 Å². The number of rotatable bonds is 5. The van der Waals surface area contributed by atoms with Crippen LogP contribution in [0.15, 0.2) is 67.0 Å². The molecular weight excluding hydrogens is 404 g/mol. The monoisotopic (exact) mass is 428 g/mol. The summed E-state index contributed by atoms with van der Waals surface area (Å²) in [5.41, 5.74) is 4.57. The maximum Gasteiger partial charge on any atom is 0.258 e. The summed E-state index contributed by atoms with van der Waals surface area (Å²) in [7, 11) is 3.11. The third kappa shape index (κ3) is 3.22. The Balaban J connectivity index is 1.54. The fourth-order valence-corrected chi connectivity index (χ4v) is 4.25. The van der Waals surface area contributed by atoms with E-state index >= 15 is 0 Å². The van der Waals surface area contributed by atoms with E-state index in [0.717, 1.165) is 22.8 Å². The van der Waals surface area contributed by atoms with Crippen LogP contribution in [0, 0.1) is 6.92 Å². The normalized spacial score (nSPS) is 12.7. The fourth-order valence-electron chi connectivity index (χ4n) is 4.25. The summed E-state index contributed by atoms with van der Waals surface area (Å²) in [4.78, 5) is 15.2. The van der Waals surface area contributed by atoms with Crippen LogP contribution in [0.4, 0.5) is 0 Å². The lowest BCUT2D eigenvalue weighted by Gasteiger charge is -2.19. The molecule has 7 nitrogen and oxygen atoms in total. The van der Waals surface area contributed by atoms with Crippen LogP contribution in [-0.2, 0) is 13.1 Å². The number of aryl methyl sites for hydroxylation is 1. The Morgan fingerprint density at radius 3 is 2.47 bits per heavy atom. The van der Waals surface area contributed by atoms with Gasteiger partial charge in [0, 0.05) is 18.0 Å². The molecule has 0 spiro atoms. The second-order valence-corrected chi connectivity index (χ2v) is 7.79. The van der Waals surface area contributed by atoms with Gasteiger partial charge in [-0.15, -0.1) is 0 Å². The average molecular weight is 428 g/mol. The highest BCUT2D eigenvalue weighted by Crippen LogP contribution is 2.35. The Kier molecular flexibility index (Phi) is 4.93. The van der Waals surface area contributed by atoms with E-state index in [4.69, 9.17) is 14.6 Å². The van der Waals surface area contributed by atoms with E-state index in [2.05, 4.69) is 19.1 Å². The molecule has 1 amide bonds. The van der Waals surface area contributed by atoms with Crippen LogP contribution < -0.4 is 9.47 Å². The molecular formula is C25H24N4O3. The Bertz CT molecular complexity index is 1290. The second-order valence-electron chi connectivity index (χ2n) is 7.79. The quantitative estimate of drug-likeness (QED) is 0.479. The zero-order chi connectivity index (χ0) is 22.2. The molecule has 0 saturated carbocycles. The molecule has 0 aliphatic carbocycles. The number of amides is 1. The Morgan fingerprint density at radius 1 is 0.969 bits per heavy atom. The highest BCUT2D eigenvalue weighted by Gasteiger charge is 2.33. The van der Waals surface area contributed by atoms with Gasteiger partial charge in [-0.05, 0) is 48.9 Å². The van der Waals surface area contributed by atoms with E-state index in [1.54, 1.807) is 37.3 Å². The molecule has 0 radical (unpaired) electrons. The van der Waals surface area contributed by atoms with Crippen LogP contribution in [0.2, 0.25) is 0 Å². The SMILES string of the molecule is COc1cccc(C(=O)N2Cc3nn(-c4cccc(C)c4)c(-n4cccc4)c3C2)c1OC. The van der Waals surface area contributed by atoms with Gasteiger partial charge in [0.1, 0.15) is 5.82 Å². The van der Waals surface area contributed by atoms with Gasteiger partial charge in [-0.3, -0.25) is 4.79 Å². The summed E-state index contributed by atoms with van der Waals surface area (Å²) in [6.45, 7) is 2.97. The summed E-state index contributed by atoms with van der Waals surface area (Å²) in [5, 5.41) is 4.91. The summed E-state index contributed by atoms with van der Waals surface area (Å²) in [6.07, 6.45) is 4.00. The van der Waals surface area contributed by atoms with Crippen LogP contribution in [0.5, 0.6) is 11.5 Å². The number of aromatic nitrogens is 3. The highest BCUT2D eigenvalue weighted by atomic mass is 16.5. The van der Waals surface area contributed by atoms with Gasteiger partial charge < -0.3 is 18.9 Å². The van der Waals surface area contributed by atoms with Gasteiger partial charge in [-0.25, -0.2) is 4.68 Å². The van der Waals surface area contributed by atoms with Crippen molar-refractivity contribution >= 4 is 5.91 Å². The van der Waals surface area contributed by atoms with Crippen molar-refractivity contribution in [2.75, 3.05) is 14.2 Å². The number of hydrogen-bond acceptors (Lipinski definition) is 4. The van der Waals surface area contributed by atoms with Gasteiger partial charge in [0.15, 0.2) is 11.5 Å². The number of fused-ring (bicyclic) bond motifs is 1. The standard InChI is InChI=1S/C25H24N4O3/c1-17-8-6-9-18(14-17)29-24(27-12-4-5-13-27)20-15-28(16-21(20)26-29)25(30)19-10-7-11-22(31-2)23(19)32-3/h4-14H,15-16H2,1-3H3. The predicted octanol–water partition coefficient (Wildman–Crippen LogP) is 4.14. The van der Waals surface area contributed by atoms with Crippen LogP contribution in [0.3, 0.4) is 0 Å². The summed E-state index contributed by atoms with van der Waals surface area (Å²) in [6, 6.07) is 17.6. The zero-order valence-electron chi connectivity index (χ0n) is 18.3. The minimum absolute atomic E-state index is 0.112. The third-order valence-corrected chi connectivity index (χ3v) is 5.75. The lowest BCUT2D eigenvalue weighted by atomic mass is 10.1. The molecule has 5 rings (SSSR count). The Labute approximate surface area is 186 Å². The van der Waals surface area contributed by atoms with E-state index in [1.165, 1.54) is 5.56 Å². The van der Waals surface area contributed by atoms with Gasteiger partial charge in [0.05, 0.1) is 44.3 Å². The molecule has 2 aromatic carbocycles. The lowest BCUT2D eigenvalue weighted by molar-refractivity contribution is 0.0745. The number of nitrogens with zero attached hydrogens (tertiary/aromatic N) is 4.